The first-order valence-corrected chi connectivity index (χ1v) is 6.32. The van der Waals surface area contributed by atoms with E-state index in [4.69, 9.17) is 0 Å². The van der Waals surface area contributed by atoms with Crippen molar-refractivity contribution in [3.05, 3.63) is 33.8 Å². The van der Waals surface area contributed by atoms with Gasteiger partial charge in [0.2, 0.25) is 0 Å². The van der Waals surface area contributed by atoms with E-state index in [1.165, 1.54) is 18.9 Å². The molecule has 1 aromatic rings. The minimum Gasteiger partial charge on any atom is -0.312 e. The maximum atomic E-state index is 12.8. The Balaban J connectivity index is 2.08. The Morgan fingerprint density at radius 1 is 1.29 bits per heavy atom. The van der Waals surface area contributed by atoms with Gasteiger partial charge >= 0.3 is 6.18 Å². The van der Waals surface area contributed by atoms with E-state index < -0.39 is 11.7 Å². The SMILES string of the molecule is FC(F)(F)c1cc(Br)ccc1CNCC1CC1. The van der Waals surface area contributed by atoms with Crippen LogP contribution in [0.2, 0.25) is 0 Å². The van der Waals surface area contributed by atoms with E-state index in [-0.39, 0.29) is 6.54 Å². The average Bonchev–Trinajstić information content (AvgIpc) is 3.02. The summed E-state index contributed by atoms with van der Waals surface area (Å²) in [5, 5.41) is 3.08. The monoisotopic (exact) mass is 307 g/mol. The van der Waals surface area contributed by atoms with Crippen LogP contribution in [0.15, 0.2) is 22.7 Å². The van der Waals surface area contributed by atoms with Crippen molar-refractivity contribution in [2.24, 2.45) is 5.92 Å². The number of alkyl halides is 3. The summed E-state index contributed by atoms with van der Waals surface area (Å²) in [6.45, 7) is 1.09. The van der Waals surface area contributed by atoms with Crippen LogP contribution in [0, 0.1) is 5.92 Å². The second kappa shape index (κ2) is 4.98. The van der Waals surface area contributed by atoms with Crippen molar-refractivity contribution in [1.82, 2.24) is 5.32 Å². The van der Waals surface area contributed by atoms with Crippen molar-refractivity contribution in [3.8, 4) is 0 Å². The molecule has 0 radical (unpaired) electrons. The van der Waals surface area contributed by atoms with Gasteiger partial charge in [0.25, 0.3) is 0 Å². The lowest BCUT2D eigenvalue weighted by Crippen LogP contribution is -2.19. The van der Waals surface area contributed by atoms with Crippen LogP contribution in [-0.4, -0.2) is 6.54 Å². The summed E-state index contributed by atoms with van der Waals surface area (Å²) in [4.78, 5) is 0. The Bertz CT molecular complexity index is 399. The molecule has 1 N–H and O–H groups in total. The minimum atomic E-state index is -4.29. The van der Waals surface area contributed by atoms with Gasteiger partial charge < -0.3 is 5.32 Å². The molecule has 5 heteroatoms. The number of halogens is 4. The van der Waals surface area contributed by atoms with E-state index in [2.05, 4.69) is 21.2 Å². The highest BCUT2D eigenvalue weighted by Crippen LogP contribution is 2.34. The van der Waals surface area contributed by atoms with Crippen molar-refractivity contribution in [1.29, 1.82) is 0 Å². The van der Waals surface area contributed by atoms with E-state index in [1.54, 1.807) is 6.07 Å². The number of hydrogen-bond acceptors (Lipinski definition) is 1. The summed E-state index contributed by atoms with van der Waals surface area (Å²) in [5.41, 5.74) is -0.253. The third kappa shape index (κ3) is 3.71. The Morgan fingerprint density at radius 3 is 2.59 bits per heavy atom. The first kappa shape index (κ1) is 12.9. The molecule has 1 saturated carbocycles. The van der Waals surface area contributed by atoms with Crippen LogP contribution in [0.5, 0.6) is 0 Å². The highest BCUT2D eigenvalue weighted by atomic mass is 79.9. The predicted octanol–water partition coefficient (Wildman–Crippen LogP) is 3.97. The molecule has 2 rings (SSSR count). The van der Waals surface area contributed by atoms with Crippen molar-refractivity contribution < 1.29 is 13.2 Å². The molecule has 0 saturated heterocycles. The Morgan fingerprint density at radius 2 is 2.00 bits per heavy atom. The third-order valence-corrected chi connectivity index (χ3v) is 3.32. The minimum absolute atomic E-state index is 0.276. The molecule has 94 valence electrons. The zero-order valence-corrected chi connectivity index (χ0v) is 10.7. The van der Waals surface area contributed by atoms with Crippen LogP contribution in [0.25, 0.3) is 0 Å². The van der Waals surface area contributed by atoms with Crippen LogP contribution in [0.3, 0.4) is 0 Å². The lowest BCUT2D eigenvalue weighted by atomic mass is 10.1. The fraction of sp³-hybridized carbons (Fsp3) is 0.500. The van der Waals surface area contributed by atoms with Gasteiger partial charge in [-0.2, -0.15) is 13.2 Å². The maximum absolute atomic E-state index is 12.8. The Labute approximate surface area is 107 Å². The first-order chi connectivity index (χ1) is 7.97. The van der Waals surface area contributed by atoms with Gasteiger partial charge in [-0.3, -0.25) is 0 Å². The normalized spacial score (nSPS) is 16.2. The van der Waals surface area contributed by atoms with Crippen molar-refractivity contribution in [3.63, 3.8) is 0 Å². The van der Waals surface area contributed by atoms with Gasteiger partial charge in [-0.05, 0) is 43.0 Å². The van der Waals surface area contributed by atoms with E-state index in [0.717, 1.165) is 12.6 Å². The smallest absolute Gasteiger partial charge is 0.312 e. The fourth-order valence-corrected chi connectivity index (χ4v) is 2.06. The summed E-state index contributed by atoms with van der Waals surface area (Å²) in [6, 6.07) is 4.30. The molecule has 1 nitrogen and oxygen atoms in total. The topological polar surface area (TPSA) is 12.0 Å². The summed E-state index contributed by atoms with van der Waals surface area (Å²) < 4.78 is 38.8. The molecule has 0 bridgehead atoms. The highest BCUT2D eigenvalue weighted by Gasteiger charge is 2.33. The van der Waals surface area contributed by atoms with Gasteiger partial charge in [0, 0.05) is 11.0 Å². The van der Waals surface area contributed by atoms with Crippen molar-refractivity contribution >= 4 is 15.9 Å². The first-order valence-electron chi connectivity index (χ1n) is 5.53. The Kier molecular flexibility index (Phi) is 3.78. The second-order valence-corrected chi connectivity index (χ2v) is 5.29. The van der Waals surface area contributed by atoms with E-state index in [1.807, 2.05) is 0 Å². The summed E-state index contributed by atoms with van der Waals surface area (Å²) in [6.07, 6.45) is -1.90. The molecular formula is C12H13BrF3N. The lowest BCUT2D eigenvalue weighted by molar-refractivity contribution is -0.138. The number of benzene rings is 1. The van der Waals surface area contributed by atoms with Crippen LogP contribution in [-0.2, 0) is 12.7 Å². The molecule has 0 aliphatic heterocycles. The Hall–Kier alpha value is -0.550. The fourth-order valence-electron chi connectivity index (χ4n) is 1.70. The molecule has 0 amide bonds. The van der Waals surface area contributed by atoms with Gasteiger partial charge in [-0.25, -0.2) is 0 Å². The summed E-state index contributed by atoms with van der Waals surface area (Å²) >= 11 is 3.07. The van der Waals surface area contributed by atoms with Crippen molar-refractivity contribution in [2.45, 2.75) is 25.6 Å². The largest absolute Gasteiger partial charge is 0.416 e. The highest BCUT2D eigenvalue weighted by molar-refractivity contribution is 9.10. The van der Waals surface area contributed by atoms with E-state index in [0.29, 0.717) is 16.0 Å². The van der Waals surface area contributed by atoms with Crippen LogP contribution in [0.1, 0.15) is 24.0 Å². The molecule has 17 heavy (non-hydrogen) atoms. The number of rotatable bonds is 4. The third-order valence-electron chi connectivity index (χ3n) is 2.82. The zero-order chi connectivity index (χ0) is 12.5. The van der Waals surface area contributed by atoms with Gasteiger partial charge in [0.15, 0.2) is 0 Å². The summed E-state index contributed by atoms with van der Waals surface area (Å²) in [7, 11) is 0. The molecule has 1 aliphatic carbocycles. The van der Waals surface area contributed by atoms with Gasteiger partial charge in [0.1, 0.15) is 0 Å². The van der Waals surface area contributed by atoms with Gasteiger partial charge in [0.05, 0.1) is 5.56 Å². The van der Waals surface area contributed by atoms with Crippen molar-refractivity contribution in [2.75, 3.05) is 6.54 Å². The molecule has 0 unspecified atom stereocenters. The molecular weight excluding hydrogens is 295 g/mol. The average molecular weight is 308 g/mol. The van der Waals surface area contributed by atoms with E-state index >= 15 is 0 Å². The van der Waals surface area contributed by atoms with E-state index in [9.17, 15) is 13.2 Å². The van der Waals surface area contributed by atoms with Gasteiger partial charge in [-0.15, -0.1) is 0 Å². The molecule has 1 aliphatic rings. The van der Waals surface area contributed by atoms with Crippen LogP contribution < -0.4 is 5.32 Å². The van der Waals surface area contributed by atoms with Crippen LogP contribution >= 0.6 is 15.9 Å². The second-order valence-electron chi connectivity index (χ2n) is 4.37. The molecule has 1 aromatic carbocycles. The molecule has 0 heterocycles. The predicted molar refractivity (Wildman–Crippen MR) is 63.6 cm³/mol. The van der Waals surface area contributed by atoms with Gasteiger partial charge in [-0.1, -0.05) is 22.0 Å². The molecule has 0 spiro atoms. The zero-order valence-electron chi connectivity index (χ0n) is 9.15. The molecule has 0 aromatic heterocycles. The number of hydrogen-bond donors (Lipinski definition) is 1. The standard InChI is InChI=1S/C12H13BrF3N/c13-10-4-3-9(7-17-6-8-1-2-8)11(5-10)12(14,15)16/h3-5,8,17H,1-2,6-7H2. The van der Waals surface area contributed by atoms with Crippen LogP contribution in [0.4, 0.5) is 13.2 Å². The summed E-state index contributed by atoms with van der Waals surface area (Å²) in [5.74, 6) is 0.666. The maximum Gasteiger partial charge on any atom is 0.416 e. The molecule has 1 fully saturated rings. The quantitative estimate of drug-likeness (QED) is 0.887. The lowest BCUT2D eigenvalue weighted by Gasteiger charge is -2.13. The number of nitrogens with one attached hydrogen (secondary N) is 1. The molecule has 0 atom stereocenters.